The molecule has 2 rings (SSSR count). The van der Waals surface area contributed by atoms with Crippen molar-refractivity contribution in [3.63, 3.8) is 0 Å². The quantitative estimate of drug-likeness (QED) is 0.752. The summed E-state index contributed by atoms with van der Waals surface area (Å²) in [4.78, 5) is 0. The highest BCUT2D eigenvalue weighted by molar-refractivity contribution is 9.09. The van der Waals surface area contributed by atoms with Gasteiger partial charge in [0.25, 0.3) is 0 Å². The van der Waals surface area contributed by atoms with Gasteiger partial charge in [0.05, 0.1) is 18.8 Å². The first-order valence-electron chi connectivity index (χ1n) is 6.06. The van der Waals surface area contributed by atoms with Crippen molar-refractivity contribution < 1.29 is 9.47 Å². The lowest BCUT2D eigenvalue weighted by atomic mass is 10.2. The van der Waals surface area contributed by atoms with Crippen molar-refractivity contribution in [2.24, 2.45) is 0 Å². The first kappa shape index (κ1) is 13.0. The van der Waals surface area contributed by atoms with Crippen LogP contribution >= 0.6 is 15.9 Å². The van der Waals surface area contributed by atoms with Crippen molar-refractivity contribution in [3.05, 3.63) is 11.9 Å². The summed E-state index contributed by atoms with van der Waals surface area (Å²) in [6.45, 7) is 2.18. The standard InChI is InChI=1S/C11H18BrN3O2/c12-5-4-10-9-15(14-13-10)6-8-17-11-3-1-2-7-16-11/h9,11H,1-8H2. The molecule has 0 aliphatic carbocycles. The molecule has 1 aliphatic rings. The fourth-order valence-corrected chi connectivity index (χ4v) is 2.19. The van der Waals surface area contributed by atoms with E-state index in [1.807, 2.05) is 10.9 Å². The topological polar surface area (TPSA) is 49.2 Å². The molecule has 96 valence electrons. The van der Waals surface area contributed by atoms with Crippen LogP contribution in [0.25, 0.3) is 0 Å². The first-order chi connectivity index (χ1) is 8.38. The summed E-state index contributed by atoms with van der Waals surface area (Å²) in [5.74, 6) is 0. The molecule has 1 aromatic heterocycles. The van der Waals surface area contributed by atoms with Crippen LogP contribution in [0.5, 0.6) is 0 Å². The van der Waals surface area contributed by atoms with Crippen LogP contribution in [0.2, 0.25) is 0 Å². The average molecular weight is 304 g/mol. The van der Waals surface area contributed by atoms with Crippen LogP contribution in [0.3, 0.4) is 0 Å². The Labute approximate surface area is 110 Å². The van der Waals surface area contributed by atoms with Gasteiger partial charge in [0, 0.05) is 24.6 Å². The summed E-state index contributed by atoms with van der Waals surface area (Å²) in [5.41, 5.74) is 1.01. The summed E-state index contributed by atoms with van der Waals surface area (Å²) in [6, 6.07) is 0. The molecule has 1 aliphatic heterocycles. The van der Waals surface area contributed by atoms with E-state index in [-0.39, 0.29) is 6.29 Å². The Kier molecular flexibility index (Phi) is 5.41. The van der Waals surface area contributed by atoms with Gasteiger partial charge >= 0.3 is 0 Å². The zero-order valence-electron chi connectivity index (χ0n) is 9.85. The maximum absolute atomic E-state index is 5.64. The van der Waals surface area contributed by atoms with Gasteiger partial charge in [-0.15, -0.1) is 5.10 Å². The van der Waals surface area contributed by atoms with Crippen LogP contribution < -0.4 is 0 Å². The van der Waals surface area contributed by atoms with Crippen molar-refractivity contribution in [1.82, 2.24) is 15.0 Å². The number of aryl methyl sites for hydroxylation is 1. The van der Waals surface area contributed by atoms with Crippen LogP contribution in [0, 0.1) is 0 Å². The van der Waals surface area contributed by atoms with Crippen molar-refractivity contribution in [1.29, 1.82) is 0 Å². The van der Waals surface area contributed by atoms with Gasteiger partial charge in [0.2, 0.25) is 0 Å². The predicted molar refractivity (Wildman–Crippen MR) is 67.1 cm³/mol. The van der Waals surface area contributed by atoms with E-state index in [2.05, 4.69) is 26.2 Å². The van der Waals surface area contributed by atoms with Crippen molar-refractivity contribution >= 4 is 15.9 Å². The third-order valence-electron chi connectivity index (χ3n) is 2.70. The maximum Gasteiger partial charge on any atom is 0.157 e. The molecule has 1 saturated heterocycles. The number of hydrogen-bond donors (Lipinski definition) is 0. The van der Waals surface area contributed by atoms with Gasteiger partial charge in [-0.2, -0.15) is 0 Å². The minimum atomic E-state index is -0.0192. The zero-order valence-corrected chi connectivity index (χ0v) is 11.4. The SMILES string of the molecule is BrCCc1cn(CCOC2CCCCO2)nn1. The molecule has 1 unspecified atom stereocenters. The lowest BCUT2D eigenvalue weighted by Crippen LogP contribution is -2.24. The van der Waals surface area contributed by atoms with E-state index in [9.17, 15) is 0 Å². The number of alkyl halides is 1. The van der Waals surface area contributed by atoms with E-state index in [4.69, 9.17) is 9.47 Å². The third kappa shape index (κ3) is 4.37. The molecule has 17 heavy (non-hydrogen) atoms. The maximum atomic E-state index is 5.64. The monoisotopic (exact) mass is 303 g/mol. The summed E-state index contributed by atoms with van der Waals surface area (Å²) in [6.07, 6.45) is 6.21. The molecule has 1 fully saturated rings. The normalized spacial score (nSPS) is 20.6. The molecule has 1 atom stereocenters. The second kappa shape index (κ2) is 7.08. The van der Waals surface area contributed by atoms with Gasteiger partial charge < -0.3 is 9.47 Å². The first-order valence-corrected chi connectivity index (χ1v) is 7.19. The van der Waals surface area contributed by atoms with E-state index in [1.54, 1.807) is 0 Å². The summed E-state index contributed by atoms with van der Waals surface area (Å²) in [5, 5.41) is 9.02. The van der Waals surface area contributed by atoms with E-state index in [0.717, 1.165) is 43.4 Å². The predicted octanol–water partition coefficient (Wildman–Crippen LogP) is 1.76. The number of rotatable bonds is 6. The van der Waals surface area contributed by atoms with E-state index in [0.29, 0.717) is 6.61 Å². The molecule has 0 aromatic carbocycles. The smallest absolute Gasteiger partial charge is 0.157 e. The Morgan fingerprint density at radius 1 is 1.53 bits per heavy atom. The van der Waals surface area contributed by atoms with Crippen molar-refractivity contribution in [2.75, 3.05) is 18.5 Å². The van der Waals surface area contributed by atoms with Crippen LogP contribution in [0.15, 0.2) is 6.20 Å². The molecular weight excluding hydrogens is 286 g/mol. The van der Waals surface area contributed by atoms with Crippen LogP contribution in [0.4, 0.5) is 0 Å². The van der Waals surface area contributed by atoms with E-state index >= 15 is 0 Å². The van der Waals surface area contributed by atoms with Crippen LogP contribution in [-0.4, -0.2) is 39.8 Å². The van der Waals surface area contributed by atoms with Crippen molar-refractivity contribution in [2.45, 2.75) is 38.5 Å². The molecule has 0 saturated carbocycles. The highest BCUT2D eigenvalue weighted by atomic mass is 79.9. The molecule has 0 bridgehead atoms. The number of ether oxygens (including phenoxy) is 2. The average Bonchev–Trinajstić information content (AvgIpc) is 2.79. The molecule has 0 amide bonds. The minimum absolute atomic E-state index is 0.0192. The van der Waals surface area contributed by atoms with E-state index < -0.39 is 0 Å². The highest BCUT2D eigenvalue weighted by Crippen LogP contribution is 2.13. The Hall–Kier alpha value is -0.460. The molecule has 2 heterocycles. The van der Waals surface area contributed by atoms with Gasteiger partial charge in [0.15, 0.2) is 6.29 Å². The fraction of sp³-hybridized carbons (Fsp3) is 0.818. The number of hydrogen-bond acceptors (Lipinski definition) is 4. The molecule has 6 heteroatoms. The van der Waals surface area contributed by atoms with Gasteiger partial charge in [-0.25, -0.2) is 4.68 Å². The molecular formula is C11H18BrN3O2. The van der Waals surface area contributed by atoms with Gasteiger partial charge in [0.1, 0.15) is 0 Å². The second-order valence-electron chi connectivity index (χ2n) is 4.08. The van der Waals surface area contributed by atoms with Crippen LogP contribution in [-0.2, 0) is 22.4 Å². The van der Waals surface area contributed by atoms with Crippen LogP contribution in [0.1, 0.15) is 25.0 Å². The molecule has 0 radical (unpaired) electrons. The van der Waals surface area contributed by atoms with Crippen molar-refractivity contribution in [3.8, 4) is 0 Å². The molecule has 5 nitrogen and oxygen atoms in total. The summed E-state index contributed by atoms with van der Waals surface area (Å²) >= 11 is 3.38. The Bertz CT molecular complexity index is 326. The largest absolute Gasteiger partial charge is 0.353 e. The minimum Gasteiger partial charge on any atom is -0.353 e. The molecule has 1 aromatic rings. The second-order valence-corrected chi connectivity index (χ2v) is 4.87. The Balaban J connectivity index is 1.66. The summed E-state index contributed by atoms with van der Waals surface area (Å²) in [7, 11) is 0. The molecule has 0 N–H and O–H groups in total. The highest BCUT2D eigenvalue weighted by Gasteiger charge is 2.13. The van der Waals surface area contributed by atoms with E-state index in [1.165, 1.54) is 6.42 Å². The fourth-order valence-electron chi connectivity index (χ4n) is 1.78. The Morgan fingerprint density at radius 3 is 3.24 bits per heavy atom. The van der Waals surface area contributed by atoms with Gasteiger partial charge in [-0.1, -0.05) is 21.1 Å². The molecule has 0 spiro atoms. The van der Waals surface area contributed by atoms with Gasteiger partial charge in [-0.05, 0) is 19.3 Å². The zero-order chi connectivity index (χ0) is 11.9. The number of halogens is 1. The number of aromatic nitrogens is 3. The lowest BCUT2D eigenvalue weighted by Gasteiger charge is -2.22. The lowest BCUT2D eigenvalue weighted by molar-refractivity contribution is -0.163. The Morgan fingerprint density at radius 2 is 2.47 bits per heavy atom. The van der Waals surface area contributed by atoms with Gasteiger partial charge in [-0.3, -0.25) is 0 Å². The third-order valence-corrected chi connectivity index (χ3v) is 3.10. The summed E-state index contributed by atoms with van der Waals surface area (Å²) < 4.78 is 12.9. The number of nitrogens with zero attached hydrogens (tertiary/aromatic N) is 3.